The predicted molar refractivity (Wildman–Crippen MR) is 377 cm³/mol. The van der Waals surface area contributed by atoms with Crippen LogP contribution < -0.4 is 5.73 Å². The number of rotatable bonds is 10. The minimum absolute atomic E-state index is 0.127. The van der Waals surface area contributed by atoms with Crippen molar-refractivity contribution in [3.63, 3.8) is 0 Å². The van der Waals surface area contributed by atoms with E-state index in [0.717, 1.165) is 73.8 Å². The van der Waals surface area contributed by atoms with Gasteiger partial charge in [-0.2, -0.15) is 0 Å². The molecular formula is C74H86Cl4Fe2N7O2. The fourth-order valence-electron chi connectivity index (χ4n) is 10.1. The molecule has 2 aromatic heterocycles. The summed E-state index contributed by atoms with van der Waals surface area (Å²) >= 11 is 0.389. The van der Waals surface area contributed by atoms with Gasteiger partial charge in [-0.15, -0.1) is 35.4 Å². The molecule has 8 aromatic rings. The van der Waals surface area contributed by atoms with E-state index >= 15 is 0 Å². The van der Waals surface area contributed by atoms with Crippen molar-refractivity contribution in [2.24, 2.45) is 20.0 Å². The van der Waals surface area contributed by atoms with Gasteiger partial charge < -0.3 is 5.73 Å². The SMILES string of the molecule is CC(=Nc1c(C)cc(C)cc1C)c1[c-]c(C(C)=Nc2c(C)cc(C)cc2C)ccc1.CC(=Nc1c(C)cc(C)cc1C)c1cccc(C(C)=Nc2c(C)cc(C)c(C)c2C)n1.CC(=O)c1cccc(C(C)=O)n1.Cc1cc(C)c(N)c(C)c1.[Cl][Fe+][Cl].[Cl][Fe][Cl]. The number of nitrogen functional groups attached to an aromatic ring is 1. The van der Waals surface area contributed by atoms with Gasteiger partial charge in [-0.1, -0.05) is 89.0 Å². The van der Waals surface area contributed by atoms with Gasteiger partial charge in [-0.3, -0.25) is 29.6 Å². The number of hydrogen-bond acceptors (Lipinski definition) is 9. The van der Waals surface area contributed by atoms with Crippen molar-refractivity contribution in [2.45, 2.75) is 152 Å². The molecule has 0 radical (unpaired) electrons. The number of aliphatic imine (C=N–C) groups is 4. The molecule has 2 heterocycles. The average Bonchev–Trinajstić information content (AvgIpc) is 3.65. The Morgan fingerprint density at radius 1 is 0.393 bits per heavy atom. The van der Waals surface area contributed by atoms with E-state index in [4.69, 9.17) is 71.1 Å². The van der Waals surface area contributed by atoms with Gasteiger partial charge in [0.2, 0.25) is 0 Å². The molecule has 89 heavy (non-hydrogen) atoms. The summed E-state index contributed by atoms with van der Waals surface area (Å²) in [7, 11) is 19.1. The Kier molecular flexibility index (Phi) is 32.0. The molecule has 9 nitrogen and oxygen atoms in total. The zero-order valence-corrected chi connectivity index (χ0v) is 60.9. The molecule has 2 N–H and O–H groups in total. The molecule has 0 atom stereocenters. The average molecular weight is 1360 g/mol. The van der Waals surface area contributed by atoms with Crippen molar-refractivity contribution >= 4 is 103 Å². The molecule has 0 aliphatic carbocycles. The van der Waals surface area contributed by atoms with E-state index in [0.29, 0.717) is 11.4 Å². The van der Waals surface area contributed by atoms with Crippen molar-refractivity contribution in [3.05, 3.63) is 238 Å². The van der Waals surface area contributed by atoms with E-state index in [-0.39, 0.29) is 37.8 Å². The number of nitrogens with two attached hydrogens (primary N) is 1. The Hall–Kier alpha value is -6.36. The first kappa shape index (κ1) is 76.9. The molecule has 0 aliphatic rings. The van der Waals surface area contributed by atoms with Gasteiger partial charge in [-0.05, 0) is 241 Å². The van der Waals surface area contributed by atoms with Crippen molar-refractivity contribution in [3.8, 4) is 0 Å². The second kappa shape index (κ2) is 37.1. The summed E-state index contributed by atoms with van der Waals surface area (Å²) in [4.78, 5) is 50.2. The predicted octanol–water partition coefficient (Wildman–Crippen LogP) is 21.6. The van der Waals surface area contributed by atoms with Crippen LogP contribution >= 0.6 is 40.4 Å². The van der Waals surface area contributed by atoms with Crippen LogP contribution in [0, 0.1) is 117 Å². The molecule has 6 aromatic carbocycles. The van der Waals surface area contributed by atoms with E-state index in [1.54, 1.807) is 18.2 Å². The summed E-state index contributed by atoms with van der Waals surface area (Å²) in [6, 6.07) is 40.1. The zero-order valence-electron chi connectivity index (χ0n) is 55.7. The van der Waals surface area contributed by atoms with Crippen molar-refractivity contribution in [2.75, 3.05) is 5.73 Å². The first-order valence-electron chi connectivity index (χ1n) is 28.8. The van der Waals surface area contributed by atoms with E-state index in [1.165, 1.54) is 103 Å². The van der Waals surface area contributed by atoms with Crippen molar-refractivity contribution < 1.29 is 35.9 Å². The van der Waals surface area contributed by atoms with Gasteiger partial charge in [0.1, 0.15) is 11.4 Å². The normalized spacial score (nSPS) is 11.3. The van der Waals surface area contributed by atoms with Crippen LogP contribution in [0.3, 0.4) is 0 Å². The van der Waals surface area contributed by atoms with E-state index < -0.39 is 0 Å². The number of carbonyl (C=O) groups is 2. The third-order valence-electron chi connectivity index (χ3n) is 14.6. The maximum atomic E-state index is 10.8. The maximum absolute atomic E-state index is 10.8. The third-order valence-corrected chi connectivity index (χ3v) is 14.6. The number of Topliss-reactive ketones (excluding diaryl/α,β-unsaturated/α-hetero) is 2. The van der Waals surface area contributed by atoms with E-state index in [2.05, 4.69) is 195 Å². The standard InChI is InChI=1S/C28H33N3.C28H31N2.C9H9NO2.C9H13N.4ClH.2Fe/c1-16-13-18(3)27(19(4)14-16)29-23(8)25-11-10-12-26(31-25)24(9)30-28-20(5)15-17(2)21(6)22(28)7;1-17-12-19(3)27(20(4)13-17)29-23(7)25-10-9-11-26(16-25)24(8)30-28-21(5)14-18(2)15-22(28)6;1-6(11)8-4-3-5-9(10-8)7(2)12;1-6-4-7(2)9(10)8(3)5-6;;;;;;/h10-15H,1-9H3;9-15H,1-8H3;3-5H,1-2H3;4-5H,10H2,1-3H3;4*1H;;/q;-1;;;;;;;+2;+3/p-4. The van der Waals surface area contributed by atoms with Crippen LogP contribution in [0.5, 0.6) is 0 Å². The summed E-state index contributed by atoms with van der Waals surface area (Å²) in [5, 5.41) is 0. The Bertz CT molecular complexity index is 3730. The van der Waals surface area contributed by atoms with Gasteiger partial charge in [0.05, 0.1) is 45.6 Å². The Morgan fingerprint density at radius 3 is 0.978 bits per heavy atom. The van der Waals surface area contributed by atoms with E-state index in [1.807, 2.05) is 45.9 Å². The van der Waals surface area contributed by atoms with Crippen LogP contribution in [-0.2, 0) is 26.3 Å². The number of nitrogens with zero attached hydrogens (tertiary/aromatic N) is 6. The van der Waals surface area contributed by atoms with Crippen LogP contribution in [0.2, 0.25) is 0 Å². The summed E-state index contributed by atoms with van der Waals surface area (Å²) < 4.78 is 0. The number of pyridine rings is 2. The summed E-state index contributed by atoms with van der Waals surface area (Å²) in [6.07, 6.45) is 0. The first-order chi connectivity index (χ1) is 41.8. The number of aromatic nitrogens is 2. The fraction of sp³-hybridized carbons (Fsp3) is 0.297. The second-order valence-electron chi connectivity index (χ2n) is 22.5. The number of hydrogen-bond donors (Lipinski definition) is 1. The fourth-order valence-corrected chi connectivity index (χ4v) is 10.1. The van der Waals surface area contributed by atoms with Crippen LogP contribution in [-0.4, -0.2) is 44.4 Å². The monoisotopic (exact) mass is 1360 g/mol. The molecule has 8 rings (SSSR count). The summed E-state index contributed by atoms with van der Waals surface area (Å²) in [5.74, 6) is -0.254. The molecule has 473 valence electrons. The van der Waals surface area contributed by atoms with Crippen LogP contribution in [0.25, 0.3) is 0 Å². The van der Waals surface area contributed by atoms with E-state index in [9.17, 15) is 9.59 Å². The van der Waals surface area contributed by atoms with Gasteiger partial charge in [-0.25, -0.2) is 9.97 Å². The number of halogens is 4. The molecule has 0 fully saturated rings. The van der Waals surface area contributed by atoms with Crippen LogP contribution in [0.15, 0.2) is 129 Å². The molecule has 0 aliphatic heterocycles. The number of benzene rings is 6. The van der Waals surface area contributed by atoms with Crippen LogP contribution in [0.4, 0.5) is 28.4 Å². The van der Waals surface area contributed by atoms with Crippen LogP contribution in [0.1, 0.15) is 174 Å². The Morgan fingerprint density at radius 2 is 0.652 bits per heavy atom. The van der Waals surface area contributed by atoms with Crippen molar-refractivity contribution in [1.29, 1.82) is 0 Å². The molecule has 0 bridgehead atoms. The van der Waals surface area contributed by atoms with Gasteiger partial charge in [0.15, 0.2) is 11.6 Å². The molecule has 0 saturated heterocycles. The molecule has 15 heteroatoms. The number of aryl methyl sites for hydroxylation is 14. The number of anilines is 1. The second-order valence-corrected chi connectivity index (χ2v) is 26.1. The first-order valence-corrected chi connectivity index (χ1v) is 34.9. The molecule has 0 unspecified atom stereocenters. The number of ketones is 2. The molecule has 0 spiro atoms. The number of carbonyl (C=O) groups excluding carboxylic acids is 2. The quantitative estimate of drug-likeness (QED) is 0.0478. The Balaban J connectivity index is 0.000000328. The molecular weight excluding hydrogens is 1270 g/mol. The third kappa shape index (κ3) is 23.8. The molecule has 0 saturated carbocycles. The summed E-state index contributed by atoms with van der Waals surface area (Å²) in [6.45, 7) is 44.8. The Labute approximate surface area is 560 Å². The minimum atomic E-state index is -0.127. The molecule has 0 amide bonds. The topological polar surface area (TPSA) is 135 Å². The zero-order chi connectivity index (χ0) is 67.1. The van der Waals surface area contributed by atoms with Gasteiger partial charge in [0.25, 0.3) is 0 Å². The van der Waals surface area contributed by atoms with Crippen molar-refractivity contribution in [1.82, 2.24) is 9.97 Å². The summed E-state index contributed by atoms with van der Waals surface area (Å²) in [5.41, 5.74) is 38.6. The van der Waals surface area contributed by atoms with Gasteiger partial charge >= 0.3 is 66.7 Å². The van der Waals surface area contributed by atoms with Gasteiger partial charge in [0, 0.05) is 19.5 Å².